The Morgan fingerprint density at radius 2 is 1.37 bits per heavy atom. The van der Waals surface area contributed by atoms with Crippen LogP contribution in [-0.2, 0) is 30.5 Å². The van der Waals surface area contributed by atoms with E-state index in [0.717, 1.165) is 82.6 Å². The van der Waals surface area contributed by atoms with Gasteiger partial charge in [-0.25, -0.2) is 0 Å². The van der Waals surface area contributed by atoms with Gasteiger partial charge in [0.1, 0.15) is 12.4 Å². The molecule has 1 aromatic rings. The number of ether oxygens (including phenoxy) is 2. The zero-order valence-corrected chi connectivity index (χ0v) is 33.9. The summed E-state index contributed by atoms with van der Waals surface area (Å²) in [6.45, 7) is 18.1. The lowest BCUT2D eigenvalue weighted by Gasteiger charge is -2.70. The van der Waals surface area contributed by atoms with Gasteiger partial charge in [-0.05, 0) is 116 Å². The summed E-state index contributed by atoms with van der Waals surface area (Å²) in [5.74, 6) is 1.85. The van der Waals surface area contributed by atoms with Crippen LogP contribution >= 0.6 is 0 Å². The van der Waals surface area contributed by atoms with Crippen molar-refractivity contribution in [2.45, 2.75) is 171 Å². The summed E-state index contributed by atoms with van der Waals surface area (Å²) < 4.78 is 11.6. The molecule has 0 bridgehead atoms. The maximum atomic E-state index is 13.2. The van der Waals surface area contributed by atoms with E-state index in [1.165, 1.54) is 25.7 Å². The fourth-order valence-electron chi connectivity index (χ4n) is 12.8. The number of ketones is 1. The first kappa shape index (κ1) is 39.3. The van der Waals surface area contributed by atoms with E-state index in [1.54, 1.807) is 5.57 Å². The van der Waals surface area contributed by atoms with Crippen molar-refractivity contribution in [1.82, 2.24) is 0 Å². The smallest absolute Gasteiger partial charge is 0.306 e. The molecule has 1 unspecified atom stereocenters. The zero-order chi connectivity index (χ0) is 37.4. The van der Waals surface area contributed by atoms with Crippen molar-refractivity contribution in [3.8, 4) is 0 Å². The molecular formula is C47H70O5. The Balaban J connectivity index is 1.01. The van der Waals surface area contributed by atoms with Crippen LogP contribution in [0.1, 0.15) is 170 Å². The average Bonchev–Trinajstić information content (AvgIpc) is 3.10. The summed E-state index contributed by atoms with van der Waals surface area (Å²) in [4.78, 5) is 38.4. The van der Waals surface area contributed by atoms with Crippen LogP contribution in [0, 0.1) is 50.2 Å². The van der Waals surface area contributed by atoms with Gasteiger partial charge in [0.25, 0.3) is 0 Å². The lowest BCUT2D eigenvalue weighted by atomic mass is 9.33. The third kappa shape index (κ3) is 7.34. The molecule has 0 saturated heterocycles. The van der Waals surface area contributed by atoms with E-state index < -0.39 is 0 Å². The molecule has 0 amide bonds. The second-order valence-corrected chi connectivity index (χ2v) is 20.2. The van der Waals surface area contributed by atoms with Gasteiger partial charge in [-0.1, -0.05) is 116 Å². The molecule has 0 aliphatic heterocycles. The molecular weight excluding hydrogens is 645 g/mol. The molecule has 4 fully saturated rings. The van der Waals surface area contributed by atoms with Crippen molar-refractivity contribution >= 4 is 17.7 Å². The van der Waals surface area contributed by atoms with E-state index in [0.29, 0.717) is 49.6 Å². The van der Waals surface area contributed by atoms with E-state index in [-0.39, 0.29) is 44.4 Å². The standard InChI is InChI=1S/C47H70O5/c1-42(2)27-29-47(33-52-41(50)20-16-11-9-8-10-15-19-40(49)51-32-34-17-13-12-14-18-34)30-28-45(6)35(36(47)31-42)21-22-38-44(5)25-24-39(48)43(3,4)37(44)23-26-46(38,45)7/h12-14,17-18,21,36-38H,8-11,15-16,19-20,22-33H2,1-7H3/t36-,37-,38?,44-,45+,46+,47+/m0/s1. The van der Waals surface area contributed by atoms with E-state index >= 15 is 0 Å². The molecule has 5 nitrogen and oxygen atoms in total. The molecule has 0 N–H and O–H groups in total. The van der Waals surface area contributed by atoms with E-state index in [9.17, 15) is 14.4 Å². The van der Waals surface area contributed by atoms with Gasteiger partial charge in [0.15, 0.2) is 0 Å². The Kier molecular flexibility index (Phi) is 11.3. The third-order valence-corrected chi connectivity index (χ3v) is 16.3. The fourth-order valence-corrected chi connectivity index (χ4v) is 12.8. The maximum absolute atomic E-state index is 13.2. The van der Waals surface area contributed by atoms with Crippen LogP contribution < -0.4 is 0 Å². The summed E-state index contributed by atoms with van der Waals surface area (Å²) in [6, 6.07) is 9.81. The van der Waals surface area contributed by atoms with Crippen molar-refractivity contribution in [2.75, 3.05) is 6.61 Å². The molecule has 52 heavy (non-hydrogen) atoms. The van der Waals surface area contributed by atoms with Crippen LogP contribution in [0.3, 0.4) is 0 Å². The average molecular weight is 715 g/mol. The number of carbonyl (C=O) groups is 3. The van der Waals surface area contributed by atoms with Gasteiger partial charge >= 0.3 is 11.9 Å². The summed E-state index contributed by atoms with van der Waals surface area (Å²) in [5, 5.41) is 0. The number of esters is 2. The molecule has 0 radical (unpaired) electrons. The minimum absolute atomic E-state index is 0.0298. The minimum Gasteiger partial charge on any atom is -0.465 e. The highest BCUT2D eigenvalue weighted by Crippen LogP contribution is 2.75. The minimum atomic E-state index is -0.224. The first-order valence-corrected chi connectivity index (χ1v) is 21.2. The number of carbonyl (C=O) groups excluding carboxylic acids is 3. The molecule has 6 rings (SSSR count). The van der Waals surface area contributed by atoms with Crippen molar-refractivity contribution in [3.63, 3.8) is 0 Å². The van der Waals surface area contributed by atoms with Crippen LogP contribution in [0.15, 0.2) is 42.0 Å². The zero-order valence-electron chi connectivity index (χ0n) is 33.9. The predicted octanol–water partition coefficient (Wildman–Crippen LogP) is 11.8. The van der Waals surface area contributed by atoms with Crippen LogP contribution in [-0.4, -0.2) is 24.3 Å². The first-order valence-electron chi connectivity index (χ1n) is 21.2. The van der Waals surface area contributed by atoms with Gasteiger partial charge in [-0.2, -0.15) is 0 Å². The number of unbranched alkanes of at least 4 members (excludes halogenated alkanes) is 5. The van der Waals surface area contributed by atoms with Gasteiger partial charge in [0.2, 0.25) is 0 Å². The summed E-state index contributed by atoms with van der Waals surface area (Å²) >= 11 is 0. The maximum Gasteiger partial charge on any atom is 0.306 e. The monoisotopic (exact) mass is 715 g/mol. The molecule has 0 aromatic heterocycles. The number of benzene rings is 1. The molecule has 1 aromatic carbocycles. The van der Waals surface area contributed by atoms with E-state index in [2.05, 4.69) is 54.5 Å². The second-order valence-electron chi connectivity index (χ2n) is 20.2. The van der Waals surface area contributed by atoms with Gasteiger partial charge in [0, 0.05) is 30.1 Å². The number of rotatable bonds is 13. The quantitative estimate of drug-likeness (QED) is 0.116. The van der Waals surface area contributed by atoms with Crippen molar-refractivity contribution in [1.29, 1.82) is 0 Å². The Morgan fingerprint density at radius 1 is 0.731 bits per heavy atom. The SMILES string of the molecule is CC1(C)CC[C@]2(COC(=O)CCCCCCCCC(=O)OCc3ccccc3)CC[C@]3(C)C(=CCC4[C@@]5(C)CCC(=O)C(C)(C)[C@@H]5CC[C@]43C)[C@@H]2C1. The van der Waals surface area contributed by atoms with Gasteiger partial charge < -0.3 is 9.47 Å². The first-order chi connectivity index (χ1) is 24.6. The molecule has 5 heteroatoms. The highest BCUT2D eigenvalue weighted by molar-refractivity contribution is 5.85. The molecule has 7 atom stereocenters. The molecule has 0 spiro atoms. The normalized spacial score (nSPS) is 35.9. The second kappa shape index (κ2) is 15.0. The number of hydrogen-bond donors (Lipinski definition) is 0. The van der Waals surface area contributed by atoms with Crippen LogP contribution in [0.5, 0.6) is 0 Å². The van der Waals surface area contributed by atoms with Crippen LogP contribution in [0.4, 0.5) is 0 Å². The summed E-state index contributed by atoms with van der Waals surface area (Å²) in [7, 11) is 0. The van der Waals surface area contributed by atoms with Gasteiger partial charge in [-0.15, -0.1) is 0 Å². The van der Waals surface area contributed by atoms with Crippen molar-refractivity contribution in [2.24, 2.45) is 50.2 Å². The summed E-state index contributed by atoms with van der Waals surface area (Å²) in [5.41, 5.74) is 3.37. The number of allylic oxidation sites excluding steroid dienone is 2. The van der Waals surface area contributed by atoms with Gasteiger partial charge in [-0.3, -0.25) is 14.4 Å². The topological polar surface area (TPSA) is 69.7 Å². The lowest BCUT2D eigenvalue weighted by molar-refractivity contribution is -0.188. The number of hydrogen-bond acceptors (Lipinski definition) is 5. The number of fused-ring (bicyclic) bond motifs is 7. The Hall–Kier alpha value is -2.43. The fraction of sp³-hybridized carbons (Fsp3) is 0.766. The molecule has 5 aliphatic carbocycles. The Labute approximate surface area is 315 Å². The third-order valence-electron chi connectivity index (χ3n) is 16.3. The molecule has 0 heterocycles. The molecule has 5 aliphatic rings. The highest BCUT2D eigenvalue weighted by Gasteiger charge is 2.68. The van der Waals surface area contributed by atoms with Gasteiger partial charge in [0.05, 0.1) is 6.61 Å². The lowest BCUT2D eigenvalue weighted by Crippen LogP contribution is -2.64. The number of Topliss-reactive ketones (excluding diaryl/α,β-unsaturated/α-hetero) is 1. The van der Waals surface area contributed by atoms with E-state index in [4.69, 9.17) is 9.47 Å². The Bertz CT molecular complexity index is 1490. The molecule has 4 saturated carbocycles. The van der Waals surface area contributed by atoms with Crippen molar-refractivity contribution in [3.05, 3.63) is 47.5 Å². The van der Waals surface area contributed by atoms with Crippen LogP contribution in [0.2, 0.25) is 0 Å². The van der Waals surface area contributed by atoms with Crippen LogP contribution in [0.25, 0.3) is 0 Å². The highest BCUT2D eigenvalue weighted by atomic mass is 16.5. The molecule has 288 valence electrons. The predicted molar refractivity (Wildman–Crippen MR) is 208 cm³/mol. The Morgan fingerprint density at radius 3 is 2.06 bits per heavy atom. The van der Waals surface area contributed by atoms with Crippen molar-refractivity contribution < 1.29 is 23.9 Å². The summed E-state index contributed by atoms with van der Waals surface area (Å²) in [6.07, 6.45) is 20.7. The van der Waals surface area contributed by atoms with E-state index in [1.807, 2.05) is 30.3 Å². The largest absolute Gasteiger partial charge is 0.465 e.